The minimum absolute atomic E-state index is 0.212. The summed E-state index contributed by atoms with van der Waals surface area (Å²) in [5.41, 5.74) is 6.62. The minimum atomic E-state index is -0.242. The fourth-order valence-electron chi connectivity index (χ4n) is 1.74. The molecule has 2 nitrogen and oxygen atoms in total. The third-order valence-corrected chi connectivity index (χ3v) is 2.53. The van der Waals surface area contributed by atoms with Crippen molar-refractivity contribution >= 4 is 0 Å². The number of halogens is 1. The van der Waals surface area contributed by atoms with Crippen molar-refractivity contribution in [2.75, 3.05) is 20.6 Å². The zero-order valence-electron chi connectivity index (χ0n) is 9.57. The molecule has 0 aromatic heterocycles. The first-order valence-corrected chi connectivity index (χ1v) is 5.17. The van der Waals surface area contributed by atoms with E-state index < -0.39 is 0 Å². The van der Waals surface area contributed by atoms with Crippen LogP contribution in [0.4, 0.5) is 4.39 Å². The molecular weight excluding hydrogens is 191 g/mol. The van der Waals surface area contributed by atoms with Gasteiger partial charge in [0.25, 0.3) is 0 Å². The molecule has 0 heterocycles. The summed E-state index contributed by atoms with van der Waals surface area (Å²) in [4.78, 5) is 2.06. The number of hydrogen-bond donors (Lipinski definition) is 1. The number of rotatable bonds is 4. The smallest absolute Gasteiger partial charge is 0.127 e. The lowest BCUT2D eigenvalue weighted by molar-refractivity contribution is 0.305. The van der Waals surface area contributed by atoms with Crippen LogP contribution in [0.1, 0.15) is 18.5 Å². The quantitative estimate of drug-likeness (QED) is 0.824. The fraction of sp³-hybridized carbons (Fsp3) is 0.500. The molecule has 15 heavy (non-hydrogen) atoms. The van der Waals surface area contributed by atoms with Crippen LogP contribution < -0.4 is 5.73 Å². The summed E-state index contributed by atoms with van der Waals surface area (Å²) in [6.45, 7) is 2.90. The average molecular weight is 210 g/mol. The van der Waals surface area contributed by atoms with Gasteiger partial charge in [0.1, 0.15) is 5.82 Å². The van der Waals surface area contributed by atoms with Gasteiger partial charge in [0.15, 0.2) is 0 Å². The van der Waals surface area contributed by atoms with Gasteiger partial charge in [-0.3, -0.25) is 0 Å². The molecule has 1 rings (SSSR count). The van der Waals surface area contributed by atoms with E-state index in [1.54, 1.807) is 12.1 Å². The van der Waals surface area contributed by atoms with E-state index in [0.29, 0.717) is 5.56 Å². The van der Waals surface area contributed by atoms with Crippen LogP contribution >= 0.6 is 0 Å². The van der Waals surface area contributed by atoms with Gasteiger partial charge in [0.05, 0.1) is 0 Å². The monoisotopic (exact) mass is 210 g/mol. The first-order chi connectivity index (χ1) is 7.02. The van der Waals surface area contributed by atoms with Crippen molar-refractivity contribution in [2.24, 2.45) is 11.7 Å². The van der Waals surface area contributed by atoms with Crippen LogP contribution in [-0.4, -0.2) is 25.5 Å². The second-order valence-electron chi connectivity index (χ2n) is 4.29. The van der Waals surface area contributed by atoms with E-state index in [9.17, 15) is 4.39 Å². The molecular formula is C12H19FN2. The Hall–Kier alpha value is -0.930. The number of nitrogens with two attached hydrogens (primary N) is 1. The molecule has 0 saturated heterocycles. The van der Waals surface area contributed by atoms with Gasteiger partial charge in [-0.15, -0.1) is 0 Å². The van der Waals surface area contributed by atoms with E-state index in [1.165, 1.54) is 6.07 Å². The Morgan fingerprint density at radius 3 is 2.47 bits per heavy atom. The molecule has 2 unspecified atom stereocenters. The van der Waals surface area contributed by atoms with E-state index in [2.05, 4.69) is 4.90 Å². The van der Waals surface area contributed by atoms with Crippen molar-refractivity contribution in [3.8, 4) is 0 Å². The molecule has 0 aliphatic heterocycles. The normalized spacial score (nSPS) is 15.3. The summed E-state index contributed by atoms with van der Waals surface area (Å²) in [7, 11) is 3.98. The van der Waals surface area contributed by atoms with Crippen molar-refractivity contribution < 1.29 is 4.39 Å². The molecule has 0 spiro atoms. The molecule has 0 saturated carbocycles. The second-order valence-corrected chi connectivity index (χ2v) is 4.29. The Kier molecular flexibility index (Phi) is 4.24. The second kappa shape index (κ2) is 5.24. The third-order valence-electron chi connectivity index (χ3n) is 2.53. The van der Waals surface area contributed by atoms with E-state index in [4.69, 9.17) is 5.73 Å². The van der Waals surface area contributed by atoms with Gasteiger partial charge in [-0.2, -0.15) is 0 Å². The molecule has 0 radical (unpaired) electrons. The van der Waals surface area contributed by atoms with Gasteiger partial charge < -0.3 is 10.6 Å². The van der Waals surface area contributed by atoms with Gasteiger partial charge in [0, 0.05) is 18.2 Å². The maximum absolute atomic E-state index is 13.4. The average Bonchev–Trinajstić information content (AvgIpc) is 2.16. The lowest BCUT2D eigenvalue weighted by atomic mass is 9.94. The molecule has 84 valence electrons. The highest BCUT2D eigenvalue weighted by molar-refractivity contribution is 5.21. The standard InChI is InChI=1S/C12H19FN2/c1-9(8-15(2)3)12(14)10-6-4-5-7-11(10)13/h4-7,9,12H,8,14H2,1-3H3. The summed E-state index contributed by atoms with van der Waals surface area (Å²) < 4.78 is 13.4. The number of nitrogens with zero attached hydrogens (tertiary/aromatic N) is 1. The van der Waals surface area contributed by atoms with Gasteiger partial charge >= 0.3 is 0 Å². The Balaban J connectivity index is 2.76. The SMILES string of the molecule is CC(CN(C)C)C(N)c1ccccc1F. The van der Waals surface area contributed by atoms with Crippen molar-refractivity contribution in [3.05, 3.63) is 35.6 Å². The zero-order chi connectivity index (χ0) is 11.4. The highest BCUT2D eigenvalue weighted by atomic mass is 19.1. The summed E-state index contributed by atoms with van der Waals surface area (Å²) in [5, 5.41) is 0. The van der Waals surface area contributed by atoms with Crippen LogP contribution in [-0.2, 0) is 0 Å². The molecule has 2 N–H and O–H groups in total. The molecule has 2 atom stereocenters. The molecule has 3 heteroatoms. The highest BCUT2D eigenvalue weighted by Gasteiger charge is 2.18. The van der Waals surface area contributed by atoms with Crippen LogP contribution in [0.25, 0.3) is 0 Å². The van der Waals surface area contributed by atoms with Crippen molar-refractivity contribution in [3.63, 3.8) is 0 Å². The topological polar surface area (TPSA) is 29.3 Å². The van der Waals surface area contributed by atoms with Gasteiger partial charge in [-0.05, 0) is 26.1 Å². The van der Waals surface area contributed by atoms with Crippen LogP contribution in [0.5, 0.6) is 0 Å². The Morgan fingerprint density at radius 2 is 1.93 bits per heavy atom. The molecule has 1 aromatic carbocycles. The predicted octanol–water partition coefficient (Wildman–Crippen LogP) is 2.02. The van der Waals surface area contributed by atoms with Crippen LogP contribution in [0.15, 0.2) is 24.3 Å². The first kappa shape index (κ1) is 12.1. The lowest BCUT2D eigenvalue weighted by Crippen LogP contribution is -2.29. The molecule has 0 aliphatic rings. The van der Waals surface area contributed by atoms with Gasteiger partial charge in [-0.25, -0.2) is 4.39 Å². The molecule has 1 aromatic rings. The third kappa shape index (κ3) is 3.29. The van der Waals surface area contributed by atoms with E-state index >= 15 is 0 Å². The van der Waals surface area contributed by atoms with Crippen LogP contribution in [0.3, 0.4) is 0 Å². The molecule has 0 fully saturated rings. The summed E-state index contributed by atoms with van der Waals surface area (Å²) in [6, 6.07) is 6.47. The van der Waals surface area contributed by atoms with E-state index in [0.717, 1.165) is 6.54 Å². The highest BCUT2D eigenvalue weighted by Crippen LogP contribution is 2.22. The van der Waals surface area contributed by atoms with Crippen LogP contribution in [0.2, 0.25) is 0 Å². The number of hydrogen-bond acceptors (Lipinski definition) is 2. The van der Waals surface area contributed by atoms with Crippen LogP contribution in [0, 0.1) is 11.7 Å². The lowest BCUT2D eigenvalue weighted by Gasteiger charge is -2.23. The minimum Gasteiger partial charge on any atom is -0.324 e. The summed E-state index contributed by atoms with van der Waals surface area (Å²) >= 11 is 0. The zero-order valence-corrected chi connectivity index (χ0v) is 9.57. The molecule has 0 bridgehead atoms. The largest absolute Gasteiger partial charge is 0.324 e. The molecule has 0 amide bonds. The summed E-state index contributed by atoms with van der Waals surface area (Å²) in [5.74, 6) is 0.0208. The molecule has 0 aliphatic carbocycles. The first-order valence-electron chi connectivity index (χ1n) is 5.17. The van der Waals surface area contributed by atoms with Crippen molar-refractivity contribution in [2.45, 2.75) is 13.0 Å². The Labute approximate surface area is 90.9 Å². The fourth-order valence-corrected chi connectivity index (χ4v) is 1.74. The Bertz CT molecular complexity index is 312. The van der Waals surface area contributed by atoms with E-state index in [-0.39, 0.29) is 17.8 Å². The predicted molar refractivity (Wildman–Crippen MR) is 61.0 cm³/mol. The summed E-state index contributed by atoms with van der Waals surface area (Å²) in [6.07, 6.45) is 0. The van der Waals surface area contributed by atoms with Gasteiger partial charge in [0.2, 0.25) is 0 Å². The van der Waals surface area contributed by atoms with Crippen molar-refractivity contribution in [1.82, 2.24) is 4.90 Å². The van der Waals surface area contributed by atoms with Gasteiger partial charge in [-0.1, -0.05) is 25.1 Å². The Morgan fingerprint density at radius 1 is 1.33 bits per heavy atom. The maximum Gasteiger partial charge on any atom is 0.127 e. The maximum atomic E-state index is 13.4. The van der Waals surface area contributed by atoms with E-state index in [1.807, 2.05) is 27.1 Å². The number of benzene rings is 1. The van der Waals surface area contributed by atoms with Crippen molar-refractivity contribution in [1.29, 1.82) is 0 Å².